The summed E-state index contributed by atoms with van der Waals surface area (Å²) in [6.45, 7) is 2.65. The third kappa shape index (κ3) is 2.36. The monoisotopic (exact) mass is 287 g/mol. The van der Waals surface area contributed by atoms with E-state index in [2.05, 4.69) is 9.97 Å². The number of nitrogens with one attached hydrogen (secondary N) is 1. The van der Waals surface area contributed by atoms with Crippen LogP contribution in [0.5, 0.6) is 0 Å². The van der Waals surface area contributed by atoms with E-state index in [4.69, 9.17) is 12.2 Å². The van der Waals surface area contributed by atoms with E-state index < -0.39 is 0 Å². The van der Waals surface area contributed by atoms with Gasteiger partial charge in [0.1, 0.15) is 5.82 Å². The normalized spacial score (nSPS) is 11.1. The standard InChI is InChI=1S/C15H14FN3S/c1-10-9-12(16)5-4-11(10)6-8-19-14-13(18-15(19)20)3-2-7-17-14/h2-5,7,9H,6,8H2,1H3,(H,18,20). The van der Waals surface area contributed by atoms with Crippen LogP contribution in [0.15, 0.2) is 36.5 Å². The van der Waals surface area contributed by atoms with E-state index in [1.165, 1.54) is 6.07 Å². The number of halogens is 1. The first-order valence-electron chi connectivity index (χ1n) is 6.44. The predicted octanol–water partition coefficient (Wildman–Crippen LogP) is 3.78. The van der Waals surface area contributed by atoms with Crippen molar-refractivity contribution in [3.05, 3.63) is 58.2 Å². The second-order valence-electron chi connectivity index (χ2n) is 4.78. The molecule has 0 saturated heterocycles. The first-order chi connectivity index (χ1) is 9.65. The van der Waals surface area contributed by atoms with Crippen LogP contribution in [0.2, 0.25) is 0 Å². The van der Waals surface area contributed by atoms with Gasteiger partial charge in [-0.25, -0.2) is 9.37 Å². The molecule has 0 bridgehead atoms. The number of aromatic amines is 1. The lowest BCUT2D eigenvalue weighted by Crippen LogP contribution is -2.03. The minimum atomic E-state index is -0.198. The number of benzene rings is 1. The van der Waals surface area contributed by atoms with Crippen molar-refractivity contribution in [1.82, 2.24) is 14.5 Å². The minimum absolute atomic E-state index is 0.198. The molecule has 0 aliphatic heterocycles. The van der Waals surface area contributed by atoms with Crippen LogP contribution in [0.1, 0.15) is 11.1 Å². The highest BCUT2D eigenvalue weighted by molar-refractivity contribution is 7.71. The molecule has 0 unspecified atom stereocenters. The Kier molecular flexibility index (Phi) is 3.36. The number of aryl methyl sites for hydroxylation is 3. The second kappa shape index (κ2) is 5.17. The molecule has 0 aliphatic carbocycles. The number of H-pyrrole nitrogens is 1. The highest BCUT2D eigenvalue weighted by Gasteiger charge is 2.06. The maximum absolute atomic E-state index is 13.1. The zero-order valence-electron chi connectivity index (χ0n) is 11.1. The molecule has 5 heteroatoms. The molecule has 102 valence electrons. The van der Waals surface area contributed by atoms with E-state index in [-0.39, 0.29) is 5.82 Å². The lowest BCUT2D eigenvalue weighted by Gasteiger charge is -2.07. The van der Waals surface area contributed by atoms with E-state index in [0.29, 0.717) is 4.77 Å². The van der Waals surface area contributed by atoms with Crippen LogP contribution in [0.25, 0.3) is 11.2 Å². The number of imidazole rings is 1. The Labute approximate surface area is 121 Å². The van der Waals surface area contributed by atoms with Gasteiger partial charge in [0.15, 0.2) is 10.4 Å². The summed E-state index contributed by atoms with van der Waals surface area (Å²) in [6.07, 6.45) is 2.55. The van der Waals surface area contributed by atoms with Crippen LogP contribution in [0.3, 0.4) is 0 Å². The first-order valence-corrected chi connectivity index (χ1v) is 6.84. The van der Waals surface area contributed by atoms with Crippen LogP contribution < -0.4 is 0 Å². The molecule has 1 aromatic carbocycles. The summed E-state index contributed by atoms with van der Waals surface area (Å²) in [5.41, 5.74) is 3.88. The Bertz CT molecular complexity index is 819. The van der Waals surface area contributed by atoms with Gasteiger partial charge in [-0.2, -0.15) is 0 Å². The van der Waals surface area contributed by atoms with Gasteiger partial charge in [-0.3, -0.25) is 0 Å². The Morgan fingerprint density at radius 1 is 1.35 bits per heavy atom. The van der Waals surface area contributed by atoms with Crippen molar-refractivity contribution in [2.24, 2.45) is 0 Å². The average Bonchev–Trinajstić information content (AvgIpc) is 2.74. The summed E-state index contributed by atoms with van der Waals surface area (Å²) in [7, 11) is 0. The van der Waals surface area contributed by atoms with Crippen LogP contribution in [0.4, 0.5) is 4.39 Å². The van der Waals surface area contributed by atoms with Gasteiger partial charge in [-0.1, -0.05) is 6.07 Å². The van der Waals surface area contributed by atoms with Gasteiger partial charge in [0.2, 0.25) is 0 Å². The number of hydrogen-bond acceptors (Lipinski definition) is 2. The fourth-order valence-corrected chi connectivity index (χ4v) is 2.66. The lowest BCUT2D eigenvalue weighted by atomic mass is 10.1. The van der Waals surface area contributed by atoms with Crippen molar-refractivity contribution in [2.75, 3.05) is 0 Å². The fraction of sp³-hybridized carbons (Fsp3) is 0.200. The van der Waals surface area contributed by atoms with Crippen molar-refractivity contribution in [2.45, 2.75) is 19.9 Å². The van der Waals surface area contributed by atoms with E-state index in [0.717, 1.165) is 35.3 Å². The van der Waals surface area contributed by atoms with Crippen molar-refractivity contribution >= 4 is 23.4 Å². The molecule has 0 atom stereocenters. The summed E-state index contributed by atoms with van der Waals surface area (Å²) >= 11 is 5.33. The molecule has 3 rings (SSSR count). The number of rotatable bonds is 3. The number of fused-ring (bicyclic) bond motifs is 1. The molecule has 0 aliphatic rings. The molecule has 0 radical (unpaired) electrons. The first kappa shape index (κ1) is 13.0. The number of aromatic nitrogens is 3. The molecule has 0 fully saturated rings. The maximum atomic E-state index is 13.1. The quantitative estimate of drug-likeness (QED) is 0.744. The summed E-state index contributed by atoms with van der Waals surface area (Å²) in [6, 6.07) is 8.72. The maximum Gasteiger partial charge on any atom is 0.179 e. The second-order valence-corrected chi connectivity index (χ2v) is 5.16. The molecule has 20 heavy (non-hydrogen) atoms. The van der Waals surface area contributed by atoms with Crippen LogP contribution >= 0.6 is 12.2 Å². The van der Waals surface area contributed by atoms with Gasteiger partial charge < -0.3 is 9.55 Å². The molecule has 3 nitrogen and oxygen atoms in total. The molecule has 0 saturated carbocycles. The Morgan fingerprint density at radius 2 is 2.20 bits per heavy atom. The third-order valence-electron chi connectivity index (χ3n) is 3.44. The molecule has 2 heterocycles. The van der Waals surface area contributed by atoms with Crippen molar-refractivity contribution in [3.8, 4) is 0 Å². The zero-order chi connectivity index (χ0) is 14.1. The lowest BCUT2D eigenvalue weighted by molar-refractivity contribution is 0.624. The van der Waals surface area contributed by atoms with Crippen molar-refractivity contribution < 1.29 is 4.39 Å². The van der Waals surface area contributed by atoms with Gasteiger partial charge in [-0.05, 0) is 61.0 Å². The van der Waals surface area contributed by atoms with Gasteiger partial charge >= 0.3 is 0 Å². The van der Waals surface area contributed by atoms with Gasteiger partial charge in [-0.15, -0.1) is 0 Å². The Morgan fingerprint density at radius 3 is 3.00 bits per heavy atom. The SMILES string of the molecule is Cc1cc(F)ccc1CCn1c(=S)[nH]c2cccnc21. The number of hydrogen-bond donors (Lipinski definition) is 1. The molecular formula is C15H14FN3S. The third-order valence-corrected chi connectivity index (χ3v) is 3.76. The molecular weight excluding hydrogens is 273 g/mol. The smallest absolute Gasteiger partial charge is 0.179 e. The fourth-order valence-electron chi connectivity index (χ4n) is 2.37. The molecule has 0 amide bonds. The van der Waals surface area contributed by atoms with E-state index in [1.54, 1.807) is 12.3 Å². The Hall–Kier alpha value is -2.01. The van der Waals surface area contributed by atoms with Crippen molar-refractivity contribution in [1.29, 1.82) is 0 Å². The Balaban J connectivity index is 1.90. The topological polar surface area (TPSA) is 33.6 Å². The highest BCUT2D eigenvalue weighted by atomic mass is 32.1. The average molecular weight is 287 g/mol. The number of nitrogens with zero attached hydrogens (tertiary/aromatic N) is 2. The van der Waals surface area contributed by atoms with E-state index in [1.807, 2.05) is 29.7 Å². The summed E-state index contributed by atoms with van der Waals surface area (Å²) in [4.78, 5) is 7.50. The van der Waals surface area contributed by atoms with Gasteiger partial charge in [0.25, 0.3) is 0 Å². The molecule has 1 N–H and O–H groups in total. The summed E-state index contributed by atoms with van der Waals surface area (Å²) < 4.78 is 15.7. The summed E-state index contributed by atoms with van der Waals surface area (Å²) in [5, 5.41) is 0. The predicted molar refractivity (Wildman–Crippen MR) is 79.8 cm³/mol. The molecule has 0 spiro atoms. The van der Waals surface area contributed by atoms with Crippen molar-refractivity contribution in [3.63, 3.8) is 0 Å². The molecule has 2 aromatic heterocycles. The summed E-state index contributed by atoms with van der Waals surface area (Å²) in [5.74, 6) is -0.198. The van der Waals surface area contributed by atoms with Gasteiger partial charge in [0.05, 0.1) is 5.52 Å². The van der Waals surface area contributed by atoms with Crippen LogP contribution in [-0.2, 0) is 13.0 Å². The largest absolute Gasteiger partial charge is 0.329 e. The van der Waals surface area contributed by atoms with E-state index in [9.17, 15) is 4.39 Å². The van der Waals surface area contributed by atoms with Gasteiger partial charge in [0, 0.05) is 12.7 Å². The number of pyridine rings is 1. The van der Waals surface area contributed by atoms with Crippen LogP contribution in [0, 0.1) is 17.5 Å². The highest BCUT2D eigenvalue weighted by Crippen LogP contribution is 2.15. The minimum Gasteiger partial charge on any atom is -0.329 e. The zero-order valence-corrected chi connectivity index (χ0v) is 11.9. The van der Waals surface area contributed by atoms with E-state index >= 15 is 0 Å². The molecule has 3 aromatic rings. The van der Waals surface area contributed by atoms with Crippen LogP contribution in [-0.4, -0.2) is 14.5 Å².